The van der Waals surface area contributed by atoms with Gasteiger partial charge in [0.1, 0.15) is 5.82 Å². The molecule has 0 fully saturated rings. The molecule has 0 atom stereocenters. The van der Waals surface area contributed by atoms with Crippen LogP contribution in [0, 0.1) is 18.6 Å². The van der Waals surface area contributed by atoms with Crippen LogP contribution in [0.1, 0.15) is 17.2 Å². The molecule has 1 aromatic carbocycles. The van der Waals surface area contributed by atoms with E-state index in [4.69, 9.17) is 0 Å². The highest BCUT2D eigenvalue weighted by atomic mass is 19.2. The molecular weight excluding hydrogens is 200 g/mol. The largest absolute Gasteiger partial charge is 0.263 e. The summed E-state index contributed by atoms with van der Waals surface area (Å²) in [5.74, 6) is -0.571. The van der Waals surface area contributed by atoms with Gasteiger partial charge in [0, 0.05) is 6.42 Å². The van der Waals surface area contributed by atoms with Gasteiger partial charge in [0.25, 0.3) is 0 Å². The summed E-state index contributed by atoms with van der Waals surface area (Å²) in [7, 11) is 0. The quantitative estimate of drug-likeness (QED) is 0.821. The molecule has 3 nitrogen and oxygen atoms in total. The lowest BCUT2D eigenvalue weighted by atomic mass is 10.1. The average molecular weight is 209 g/mol. The molecule has 0 unspecified atom stereocenters. The van der Waals surface area contributed by atoms with Gasteiger partial charge < -0.3 is 0 Å². The molecule has 0 bridgehead atoms. The first-order valence-electron chi connectivity index (χ1n) is 4.47. The number of halogens is 2. The molecular formula is C10H9F2N3. The predicted octanol–water partition coefficient (Wildman–Crippen LogP) is 1.98. The van der Waals surface area contributed by atoms with Gasteiger partial charge in [-0.25, -0.2) is 13.8 Å². The number of H-pyrrole nitrogens is 1. The number of aryl methyl sites for hydroxylation is 1. The smallest absolute Gasteiger partial charge is 0.162 e. The van der Waals surface area contributed by atoms with E-state index >= 15 is 0 Å². The molecule has 1 aromatic heterocycles. The summed E-state index contributed by atoms with van der Waals surface area (Å²) in [6.45, 7) is 1.75. The van der Waals surface area contributed by atoms with E-state index in [-0.39, 0.29) is 12.0 Å². The number of nitrogens with zero attached hydrogens (tertiary/aromatic N) is 2. The number of hydrogen-bond donors (Lipinski definition) is 1. The highest BCUT2D eigenvalue weighted by molar-refractivity contribution is 5.22. The Balaban J connectivity index is 2.28. The number of nitrogens with one attached hydrogen (secondary N) is 1. The zero-order valence-corrected chi connectivity index (χ0v) is 8.09. The second-order valence-electron chi connectivity index (χ2n) is 3.23. The third-order valence-corrected chi connectivity index (χ3v) is 2.02. The molecule has 0 aliphatic carbocycles. The minimum absolute atomic E-state index is 0.188. The lowest BCUT2D eigenvalue weighted by molar-refractivity contribution is 0.500. The van der Waals surface area contributed by atoms with Crippen LogP contribution in [0.25, 0.3) is 0 Å². The number of aromatic amines is 1. The monoisotopic (exact) mass is 209 g/mol. The Morgan fingerprint density at radius 2 is 2.13 bits per heavy atom. The highest BCUT2D eigenvalue weighted by Gasteiger charge is 2.10. The molecule has 78 valence electrons. The average Bonchev–Trinajstić information content (AvgIpc) is 2.59. The van der Waals surface area contributed by atoms with Crippen molar-refractivity contribution in [3.63, 3.8) is 0 Å². The van der Waals surface area contributed by atoms with Gasteiger partial charge in [-0.2, -0.15) is 5.10 Å². The van der Waals surface area contributed by atoms with Crippen molar-refractivity contribution in [2.24, 2.45) is 0 Å². The molecule has 0 aliphatic heterocycles. The van der Waals surface area contributed by atoms with Crippen LogP contribution in [-0.2, 0) is 6.42 Å². The van der Waals surface area contributed by atoms with Crippen LogP contribution in [0.3, 0.4) is 0 Å². The van der Waals surface area contributed by atoms with Gasteiger partial charge in [0.15, 0.2) is 17.5 Å². The van der Waals surface area contributed by atoms with E-state index in [0.717, 1.165) is 6.07 Å². The number of aromatic nitrogens is 3. The van der Waals surface area contributed by atoms with Gasteiger partial charge in [-0.05, 0) is 18.6 Å². The normalized spacial score (nSPS) is 10.6. The van der Waals surface area contributed by atoms with Crippen molar-refractivity contribution in [3.8, 4) is 0 Å². The maximum absolute atomic E-state index is 13.3. The molecule has 1 heterocycles. The number of hydrogen-bond acceptors (Lipinski definition) is 2. The summed E-state index contributed by atoms with van der Waals surface area (Å²) in [4.78, 5) is 4.02. The van der Waals surface area contributed by atoms with Crippen molar-refractivity contribution in [2.45, 2.75) is 13.3 Å². The Hall–Kier alpha value is -1.78. The summed E-state index contributed by atoms with van der Waals surface area (Å²) in [5.41, 5.74) is 0.258. The first kappa shape index (κ1) is 9.76. The van der Waals surface area contributed by atoms with Crippen LogP contribution >= 0.6 is 0 Å². The Morgan fingerprint density at radius 1 is 1.33 bits per heavy atom. The molecule has 2 rings (SSSR count). The van der Waals surface area contributed by atoms with E-state index in [9.17, 15) is 8.78 Å². The highest BCUT2D eigenvalue weighted by Crippen LogP contribution is 2.13. The Kier molecular flexibility index (Phi) is 2.45. The second kappa shape index (κ2) is 3.76. The van der Waals surface area contributed by atoms with Crippen LogP contribution in [-0.4, -0.2) is 15.2 Å². The topological polar surface area (TPSA) is 41.6 Å². The molecule has 15 heavy (non-hydrogen) atoms. The van der Waals surface area contributed by atoms with E-state index in [2.05, 4.69) is 15.2 Å². The van der Waals surface area contributed by atoms with Crippen molar-refractivity contribution in [3.05, 3.63) is 47.0 Å². The minimum atomic E-state index is -0.847. The van der Waals surface area contributed by atoms with Crippen molar-refractivity contribution < 1.29 is 8.78 Å². The SMILES string of the molecule is Cc1nc(Cc2cccc(F)c2F)n[nH]1. The molecule has 0 saturated carbocycles. The molecule has 0 radical (unpaired) electrons. The first-order chi connectivity index (χ1) is 7.16. The van der Waals surface area contributed by atoms with Gasteiger partial charge in [-0.3, -0.25) is 5.10 Å². The number of benzene rings is 1. The summed E-state index contributed by atoms with van der Waals surface area (Å²) >= 11 is 0. The van der Waals surface area contributed by atoms with E-state index in [1.165, 1.54) is 12.1 Å². The lowest BCUT2D eigenvalue weighted by Gasteiger charge is -2.00. The fraction of sp³-hybridized carbons (Fsp3) is 0.200. The molecule has 2 aromatic rings. The first-order valence-corrected chi connectivity index (χ1v) is 4.47. The Labute approximate surface area is 85.2 Å². The molecule has 5 heteroatoms. The fourth-order valence-electron chi connectivity index (χ4n) is 1.32. The third-order valence-electron chi connectivity index (χ3n) is 2.02. The summed E-state index contributed by atoms with van der Waals surface area (Å²) in [6.07, 6.45) is 0.188. The van der Waals surface area contributed by atoms with E-state index in [1.54, 1.807) is 6.92 Å². The molecule has 1 N–H and O–H groups in total. The lowest BCUT2D eigenvalue weighted by Crippen LogP contribution is -1.97. The zero-order valence-electron chi connectivity index (χ0n) is 8.09. The van der Waals surface area contributed by atoms with Crippen molar-refractivity contribution >= 4 is 0 Å². The predicted molar refractivity (Wildman–Crippen MR) is 50.3 cm³/mol. The van der Waals surface area contributed by atoms with Crippen LogP contribution in [0.2, 0.25) is 0 Å². The third kappa shape index (κ3) is 2.01. The fourth-order valence-corrected chi connectivity index (χ4v) is 1.32. The summed E-state index contributed by atoms with van der Waals surface area (Å²) in [5, 5.41) is 6.50. The van der Waals surface area contributed by atoms with Gasteiger partial charge in [0.05, 0.1) is 0 Å². The molecule has 0 aliphatic rings. The van der Waals surface area contributed by atoms with Gasteiger partial charge in [0.2, 0.25) is 0 Å². The van der Waals surface area contributed by atoms with Crippen LogP contribution in [0.4, 0.5) is 8.78 Å². The Morgan fingerprint density at radius 3 is 2.80 bits per heavy atom. The summed E-state index contributed by atoms with van der Waals surface area (Å²) in [6, 6.07) is 4.07. The van der Waals surface area contributed by atoms with Crippen LogP contribution in [0.15, 0.2) is 18.2 Å². The van der Waals surface area contributed by atoms with Gasteiger partial charge in [-0.15, -0.1) is 0 Å². The van der Waals surface area contributed by atoms with Crippen molar-refractivity contribution in [1.82, 2.24) is 15.2 Å². The van der Waals surface area contributed by atoms with E-state index in [1.807, 2.05) is 0 Å². The van der Waals surface area contributed by atoms with E-state index in [0.29, 0.717) is 11.6 Å². The molecule has 0 saturated heterocycles. The maximum Gasteiger partial charge on any atom is 0.162 e. The summed E-state index contributed by atoms with van der Waals surface area (Å²) < 4.78 is 26.1. The van der Waals surface area contributed by atoms with Crippen LogP contribution in [0.5, 0.6) is 0 Å². The molecule has 0 amide bonds. The van der Waals surface area contributed by atoms with Crippen molar-refractivity contribution in [1.29, 1.82) is 0 Å². The minimum Gasteiger partial charge on any atom is -0.263 e. The molecule has 0 spiro atoms. The maximum atomic E-state index is 13.3. The Bertz CT molecular complexity index is 479. The second-order valence-corrected chi connectivity index (χ2v) is 3.23. The zero-order chi connectivity index (χ0) is 10.8. The van der Waals surface area contributed by atoms with Crippen LogP contribution < -0.4 is 0 Å². The van der Waals surface area contributed by atoms with Crippen molar-refractivity contribution in [2.75, 3.05) is 0 Å². The standard InChI is InChI=1S/C10H9F2N3/c1-6-13-9(15-14-6)5-7-3-2-4-8(11)10(7)12/h2-4H,5H2,1H3,(H,13,14,15). The number of rotatable bonds is 2. The van der Waals surface area contributed by atoms with Gasteiger partial charge >= 0.3 is 0 Å². The van der Waals surface area contributed by atoms with E-state index < -0.39 is 11.6 Å². The van der Waals surface area contributed by atoms with Gasteiger partial charge in [-0.1, -0.05) is 12.1 Å².